The molecule has 1 aliphatic rings. The van der Waals surface area contributed by atoms with Gasteiger partial charge in [-0.3, -0.25) is 14.8 Å². The first kappa shape index (κ1) is 18.7. The summed E-state index contributed by atoms with van der Waals surface area (Å²) in [7, 11) is 1.45. The zero-order valence-electron chi connectivity index (χ0n) is 16.0. The van der Waals surface area contributed by atoms with Crippen LogP contribution >= 0.6 is 0 Å². The van der Waals surface area contributed by atoms with Crippen LogP contribution in [0.1, 0.15) is 12.1 Å². The fraction of sp³-hybridized carbons (Fsp3) is 0.300. The van der Waals surface area contributed by atoms with Gasteiger partial charge in [-0.2, -0.15) is 10.2 Å². The van der Waals surface area contributed by atoms with E-state index in [0.29, 0.717) is 40.1 Å². The first-order valence-electron chi connectivity index (χ1n) is 9.36. The smallest absolute Gasteiger partial charge is 0.155 e. The molecule has 0 saturated heterocycles. The number of hydrogen-bond donors (Lipinski definition) is 1. The average molecular weight is 414 g/mol. The van der Waals surface area contributed by atoms with Gasteiger partial charge in [-0.25, -0.2) is 18.2 Å². The molecule has 154 valence electrons. The number of nitrogens with one attached hydrogen (secondary N) is 1. The van der Waals surface area contributed by atoms with Crippen molar-refractivity contribution in [3.05, 3.63) is 48.1 Å². The molecule has 1 N–H and O–H groups in total. The van der Waals surface area contributed by atoms with Crippen LogP contribution in [0.2, 0.25) is 0 Å². The summed E-state index contributed by atoms with van der Waals surface area (Å²) >= 11 is 0. The summed E-state index contributed by atoms with van der Waals surface area (Å²) in [5, 5.41) is 11.7. The van der Waals surface area contributed by atoms with E-state index in [0.717, 1.165) is 12.4 Å². The number of aromatic nitrogens is 6. The molecule has 0 aromatic carbocycles. The molecule has 5 rings (SSSR count). The van der Waals surface area contributed by atoms with Gasteiger partial charge in [0.05, 0.1) is 37.4 Å². The third kappa shape index (κ3) is 2.95. The van der Waals surface area contributed by atoms with Crippen LogP contribution in [-0.2, 0) is 17.7 Å². The Morgan fingerprint density at radius 2 is 2.03 bits per heavy atom. The normalized spacial score (nSPS) is 18.7. The number of methoxy groups -OCH3 is 1. The molecule has 0 bridgehead atoms. The highest BCUT2D eigenvalue weighted by molar-refractivity contribution is 5.97. The van der Waals surface area contributed by atoms with Gasteiger partial charge >= 0.3 is 0 Å². The number of ether oxygens (including phenoxy) is 1. The Morgan fingerprint density at radius 1 is 1.17 bits per heavy atom. The molecule has 0 amide bonds. The highest BCUT2D eigenvalue weighted by Gasteiger charge is 2.38. The number of nitrogens with zero attached hydrogens (tertiary/aromatic N) is 5. The minimum atomic E-state index is -1.58. The van der Waals surface area contributed by atoms with Crippen LogP contribution in [0.5, 0.6) is 0 Å². The van der Waals surface area contributed by atoms with Gasteiger partial charge in [-0.05, 0) is 25.0 Å². The van der Waals surface area contributed by atoms with E-state index in [1.54, 1.807) is 0 Å². The first-order chi connectivity index (χ1) is 14.5. The van der Waals surface area contributed by atoms with Crippen molar-refractivity contribution >= 4 is 11.0 Å². The summed E-state index contributed by atoms with van der Waals surface area (Å²) in [6, 6.07) is 2.72. The second kappa shape index (κ2) is 6.91. The number of H-pyrrole nitrogens is 1. The van der Waals surface area contributed by atoms with Gasteiger partial charge < -0.3 is 4.74 Å². The predicted octanol–water partition coefficient (Wildman–Crippen LogP) is 3.46. The molecule has 0 aliphatic carbocycles. The standard InChI is InChI=1S/C20H17F3N6O/c1-30-10-20(23)5-4-15-17(16-12-7-26-27-19(12)25-8-13(16)22)18(28-29(15)9-20)14-3-2-11(21)6-24-14/h2-3,6-8H,4-5,9-10H2,1H3,(H,25,26,27)/t20-/m0/s1. The van der Waals surface area contributed by atoms with E-state index in [1.807, 2.05) is 0 Å². The molecule has 1 aliphatic heterocycles. The van der Waals surface area contributed by atoms with Crippen molar-refractivity contribution in [2.24, 2.45) is 0 Å². The third-order valence-electron chi connectivity index (χ3n) is 5.36. The fourth-order valence-electron chi connectivity index (χ4n) is 4.04. The first-order valence-corrected chi connectivity index (χ1v) is 9.36. The van der Waals surface area contributed by atoms with Gasteiger partial charge in [-0.15, -0.1) is 0 Å². The molecule has 5 heterocycles. The molecule has 10 heteroatoms. The molecule has 0 spiro atoms. The maximum Gasteiger partial charge on any atom is 0.155 e. The Kier molecular flexibility index (Phi) is 4.31. The number of aromatic amines is 1. The topological polar surface area (TPSA) is 81.5 Å². The van der Waals surface area contributed by atoms with Gasteiger partial charge in [0.1, 0.15) is 17.3 Å². The largest absolute Gasteiger partial charge is 0.381 e. The van der Waals surface area contributed by atoms with Crippen molar-refractivity contribution in [3.63, 3.8) is 0 Å². The molecule has 0 radical (unpaired) electrons. The van der Waals surface area contributed by atoms with Crippen molar-refractivity contribution < 1.29 is 17.9 Å². The minimum absolute atomic E-state index is 0.0361. The Morgan fingerprint density at radius 3 is 2.80 bits per heavy atom. The lowest BCUT2D eigenvalue weighted by atomic mass is 9.91. The van der Waals surface area contributed by atoms with E-state index in [1.165, 1.54) is 30.1 Å². The second-order valence-electron chi connectivity index (χ2n) is 7.39. The van der Waals surface area contributed by atoms with Crippen LogP contribution in [0, 0.1) is 11.6 Å². The van der Waals surface area contributed by atoms with Crippen molar-refractivity contribution in [2.45, 2.75) is 25.1 Å². The Balaban J connectivity index is 1.77. The van der Waals surface area contributed by atoms with Crippen LogP contribution in [-0.4, -0.2) is 49.3 Å². The van der Waals surface area contributed by atoms with Crippen LogP contribution in [0.3, 0.4) is 0 Å². The van der Waals surface area contributed by atoms with Crippen LogP contribution in [0.15, 0.2) is 30.7 Å². The minimum Gasteiger partial charge on any atom is -0.381 e. The average Bonchev–Trinajstić information content (AvgIpc) is 3.33. The van der Waals surface area contributed by atoms with Gasteiger partial charge in [0.15, 0.2) is 11.3 Å². The van der Waals surface area contributed by atoms with Crippen molar-refractivity contribution in [2.75, 3.05) is 13.7 Å². The molecule has 30 heavy (non-hydrogen) atoms. The molecular weight excluding hydrogens is 397 g/mol. The van der Waals surface area contributed by atoms with Crippen molar-refractivity contribution in [3.8, 4) is 22.5 Å². The fourth-order valence-corrected chi connectivity index (χ4v) is 4.04. The molecule has 4 aromatic rings. The SMILES string of the molecule is COC[C@]1(F)CCc2c(-c3c(F)cnc4[nH]ncc34)c(-c3ccc(F)cn3)nn2C1. The lowest BCUT2D eigenvalue weighted by Crippen LogP contribution is -2.39. The number of rotatable bonds is 4. The summed E-state index contributed by atoms with van der Waals surface area (Å²) in [5.74, 6) is -1.06. The van der Waals surface area contributed by atoms with Gasteiger partial charge in [0, 0.05) is 29.3 Å². The molecule has 4 aromatic heterocycles. The number of hydrogen-bond acceptors (Lipinski definition) is 5. The van der Waals surface area contributed by atoms with E-state index >= 15 is 8.78 Å². The van der Waals surface area contributed by atoms with E-state index < -0.39 is 17.3 Å². The zero-order valence-corrected chi connectivity index (χ0v) is 16.0. The molecule has 0 fully saturated rings. The number of alkyl halides is 1. The van der Waals surface area contributed by atoms with Crippen molar-refractivity contribution in [1.29, 1.82) is 0 Å². The summed E-state index contributed by atoms with van der Waals surface area (Å²) in [6.45, 7) is -0.104. The highest BCUT2D eigenvalue weighted by Crippen LogP contribution is 2.42. The molecule has 0 saturated carbocycles. The quantitative estimate of drug-likeness (QED) is 0.553. The second-order valence-corrected chi connectivity index (χ2v) is 7.39. The van der Waals surface area contributed by atoms with Crippen LogP contribution in [0.25, 0.3) is 33.5 Å². The predicted molar refractivity (Wildman–Crippen MR) is 102 cm³/mol. The number of pyridine rings is 2. The summed E-state index contributed by atoms with van der Waals surface area (Å²) in [5.41, 5.74) is 0.957. The Labute approximate surface area is 168 Å². The van der Waals surface area contributed by atoms with Crippen LogP contribution in [0.4, 0.5) is 13.2 Å². The molecule has 7 nitrogen and oxygen atoms in total. The Hall–Kier alpha value is -3.27. The van der Waals surface area contributed by atoms with Crippen LogP contribution < -0.4 is 0 Å². The monoisotopic (exact) mass is 414 g/mol. The maximum absolute atomic E-state index is 15.2. The molecular formula is C20H17F3N6O. The lowest BCUT2D eigenvalue weighted by molar-refractivity contribution is 0.0100. The van der Waals surface area contributed by atoms with E-state index in [-0.39, 0.29) is 25.1 Å². The molecule has 1 atom stereocenters. The van der Waals surface area contributed by atoms with E-state index in [4.69, 9.17) is 4.74 Å². The van der Waals surface area contributed by atoms with Gasteiger partial charge in [-0.1, -0.05) is 0 Å². The summed E-state index contributed by atoms with van der Waals surface area (Å²) < 4.78 is 50.2. The van der Waals surface area contributed by atoms with E-state index in [2.05, 4.69) is 25.3 Å². The third-order valence-corrected chi connectivity index (χ3v) is 5.36. The van der Waals surface area contributed by atoms with E-state index in [9.17, 15) is 4.39 Å². The zero-order chi connectivity index (χ0) is 20.9. The molecule has 0 unspecified atom stereocenters. The van der Waals surface area contributed by atoms with Gasteiger partial charge in [0.25, 0.3) is 0 Å². The lowest BCUT2D eigenvalue weighted by Gasteiger charge is -2.30. The highest BCUT2D eigenvalue weighted by atomic mass is 19.1. The maximum atomic E-state index is 15.2. The van der Waals surface area contributed by atoms with Gasteiger partial charge in [0.2, 0.25) is 0 Å². The summed E-state index contributed by atoms with van der Waals surface area (Å²) in [4.78, 5) is 8.14. The Bertz CT molecular complexity index is 1240. The number of fused-ring (bicyclic) bond motifs is 2. The summed E-state index contributed by atoms with van der Waals surface area (Å²) in [6.07, 6.45) is 4.19. The van der Waals surface area contributed by atoms with Crippen molar-refractivity contribution in [1.82, 2.24) is 29.9 Å². The number of halogens is 3.